The van der Waals surface area contributed by atoms with Gasteiger partial charge in [-0.3, -0.25) is 10.1 Å². The predicted molar refractivity (Wildman–Crippen MR) is 75.4 cm³/mol. The highest BCUT2D eigenvalue weighted by molar-refractivity contribution is 5.90. The molecule has 0 amide bonds. The summed E-state index contributed by atoms with van der Waals surface area (Å²) >= 11 is 0. The highest BCUT2D eigenvalue weighted by Gasteiger charge is 2.41. The molecule has 1 aromatic rings. The third-order valence-corrected chi connectivity index (χ3v) is 4.06. The Hall–Kier alpha value is -2.39. The molecule has 1 aliphatic carbocycles. The van der Waals surface area contributed by atoms with Crippen molar-refractivity contribution >= 4 is 17.3 Å². The van der Waals surface area contributed by atoms with Crippen LogP contribution in [0.25, 0.3) is 0 Å². The smallest absolute Gasteiger partial charge is 0.391 e. The summed E-state index contributed by atoms with van der Waals surface area (Å²) in [6.07, 6.45) is -4.26. The maximum atomic E-state index is 13.7. The summed E-state index contributed by atoms with van der Waals surface area (Å²) in [5.74, 6) is -4.20. The average Bonchev–Trinajstić information content (AvgIpc) is 2.46. The van der Waals surface area contributed by atoms with E-state index in [2.05, 4.69) is 5.32 Å². The molecule has 0 heterocycles. The van der Waals surface area contributed by atoms with E-state index in [4.69, 9.17) is 5.11 Å². The van der Waals surface area contributed by atoms with Crippen LogP contribution in [0.2, 0.25) is 0 Å². The van der Waals surface area contributed by atoms with Crippen LogP contribution in [0.5, 0.6) is 0 Å². The van der Waals surface area contributed by atoms with Gasteiger partial charge in [0.2, 0.25) is 0 Å². The van der Waals surface area contributed by atoms with Crippen molar-refractivity contribution in [2.45, 2.75) is 37.9 Å². The minimum atomic E-state index is -4.27. The zero-order valence-corrected chi connectivity index (χ0v) is 12.3. The summed E-state index contributed by atoms with van der Waals surface area (Å²) < 4.78 is 51.6. The van der Waals surface area contributed by atoms with Crippen molar-refractivity contribution in [3.8, 4) is 0 Å². The summed E-state index contributed by atoms with van der Waals surface area (Å²) in [6.45, 7) is 0. The van der Waals surface area contributed by atoms with E-state index >= 15 is 0 Å². The van der Waals surface area contributed by atoms with Gasteiger partial charge in [-0.25, -0.2) is 9.18 Å². The van der Waals surface area contributed by atoms with Crippen molar-refractivity contribution in [3.05, 3.63) is 33.6 Å². The van der Waals surface area contributed by atoms with Gasteiger partial charge < -0.3 is 10.4 Å². The number of aromatic carboxylic acids is 1. The molecule has 0 saturated heterocycles. The minimum Gasteiger partial charge on any atom is -0.478 e. The molecule has 1 saturated carbocycles. The molecule has 132 valence electrons. The van der Waals surface area contributed by atoms with Crippen LogP contribution in [0, 0.1) is 21.8 Å². The van der Waals surface area contributed by atoms with Crippen LogP contribution in [-0.2, 0) is 0 Å². The lowest BCUT2D eigenvalue weighted by molar-refractivity contribution is -0.384. The number of benzene rings is 1. The number of carboxylic acids is 1. The zero-order valence-electron chi connectivity index (χ0n) is 12.3. The van der Waals surface area contributed by atoms with E-state index in [1.165, 1.54) is 0 Å². The molecule has 6 nitrogen and oxygen atoms in total. The molecule has 1 fully saturated rings. The van der Waals surface area contributed by atoms with Gasteiger partial charge in [-0.2, -0.15) is 13.2 Å². The second-order valence-electron chi connectivity index (χ2n) is 5.65. The number of nitro groups is 1. The molecule has 0 atom stereocenters. The lowest BCUT2D eigenvalue weighted by atomic mass is 9.85. The van der Waals surface area contributed by atoms with E-state index in [0.717, 1.165) is 0 Å². The summed E-state index contributed by atoms with van der Waals surface area (Å²) in [6, 6.07) is 0.816. The van der Waals surface area contributed by atoms with E-state index in [1.54, 1.807) is 0 Å². The van der Waals surface area contributed by atoms with Gasteiger partial charge >= 0.3 is 12.1 Å². The van der Waals surface area contributed by atoms with E-state index in [0.29, 0.717) is 12.1 Å². The average molecular weight is 350 g/mol. The summed E-state index contributed by atoms with van der Waals surface area (Å²) in [5.41, 5.74) is -1.71. The second-order valence-corrected chi connectivity index (χ2v) is 5.65. The number of carboxylic acid groups (broad SMARTS) is 1. The Bertz CT molecular complexity index is 655. The van der Waals surface area contributed by atoms with Gasteiger partial charge in [-0.15, -0.1) is 0 Å². The van der Waals surface area contributed by atoms with Crippen LogP contribution in [0.15, 0.2) is 12.1 Å². The Morgan fingerprint density at radius 2 is 1.83 bits per heavy atom. The molecule has 0 aromatic heterocycles. The number of anilines is 1. The first kappa shape index (κ1) is 18.0. The highest BCUT2D eigenvalue weighted by Crippen LogP contribution is 2.39. The van der Waals surface area contributed by atoms with Gasteiger partial charge in [0.1, 0.15) is 17.1 Å². The number of hydrogen-bond donors (Lipinski definition) is 2. The molecule has 0 unspecified atom stereocenters. The topological polar surface area (TPSA) is 92.5 Å². The molecule has 2 N–H and O–H groups in total. The fourth-order valence-corrected chi connectivity index (χ4v) is 2.78. The third-order valence-electron chi connectivity index (χ3n) is 4.06. The number of nitrogens with one attached hydrogen (secondary N) is 1. The van der Waals surface area contributed by atoms with Crippen molar-refractivity contribution < 1.29 is 32.4 Å². The fraction of sp³-hybridized carbons (Fsp3) is 0.500. The monoisotopic (exact) mass is 350 g/mol. The predicted octanol–water partition coefficient (Wildman–Crippen LogP) is 3.97. The second kappa shape index (κ2) is 6.62. The maximum absolute atomic E-state index is 13.7. The van der Waals surface area contributed by atoms with Crippen LogP contribution in [0.4, 0.5) is 28.9 Å². The summed E-state index contributed by atoms with van der Waals surface area (Å²) in [5, 5.41) is 22.5. The first-order valence-electron chi connectivity index (χ1n) is 7.14. The lowest BCUT2D eigenvalue weighted by Crippen LogP contribution is -2.33. The Balaban J connectivity index is 2.17. The van der Waals surface area contributed by atoms with Crippen LogP contribution < -0.4 is 5.32 Å². The quantitative estimate of drug-likeness (QED) is 0.487. The van der Waals surface area contributed by atoms with Gasteiger partial charge in [0.25, 0.3) is 5.69 Å². The molecule has 2 rings (SSSR count). The number of halogens is 4. The van der Waals surface area contributed by atoms with Crippen molar-refractivity contribution in [2.24, 2.45) is 5.92 Å². The van der Waals surface area contributed by atoms with E-state index in [-0.39, 0.29) is 31.4 Å². The molecule has 1 aliphatic rings. The number of nitro benzene ring substituents is 1. The molecule has 10 heteroatoms. The first-order chi connectivity index (χ1) is 11.1. The zero-order chi connectivity index (χ0) is 18.1. The Labute approximate surface area is 133 Å². The largest absolute Gasteiger partial charge is 0.478 e. The number of hydrogen-bond acceptors (Lipinski definition) is 4. The molecule has 1 aromatic carbocycles. The van der Waals surface area contributed by atoms with E-state index in [9.17, 15) is 32.5 Å². The van der Waals surface area contributed by atoms with Gasteiger partial charge in [-0.05, 0) is 25.7 Å². The van der Waals surface area contributed by atoms with E-state index in [1.807, 2.05) is 0 Å². The number of carbonyl (C=O) groups is 1. The van der Waals surface area contributed by atoms with E-state index < -0.39 is 46.1 Å². The van der Waals surface area contributed by atoms with Crippen molar-refractivity contribution in [3.63, 3.8) is 0 Å². The Kier molecular flexibility index (Phi) is 4.95. The maximum Gasteiger partial charge on any atom is 0.391 e. The fourth-order valence-electron chi connectivity index (χ4n) is 2.78. The van der Waals surface area contributed by atoms with Crippen molar-refractivity contribution in [1.82, 2.24) is 0 Å². The van der Waals surface area contributed by atoms with Gasteiger partial charge in [-0.1, -0.05) is 0 Å². The first-order valence-corrected chi connectivity index (χ1v) is 7.14. The molecule has 0 radical (unpaired) electrons. The number of nitrogens with zero attached hydrogens (tertiary/aromatic N) is 1. The molecule has 0 bridgehead atoms. The Morgan fingerprint density at radius 3 is 2.29 bits per heavy atom. The summed E-state index contributed by atoms with van der Waals surface area (Å²) in [4.78, 5) is 21.0. The minimum absolute atomic E-state index is 0.120. The van der Waals surface area contributed by atoms with Crippen LogP contribution in [0.1, 0.15) is 36.0 Å². The molecule has 24 heavy (non-hydrogen) atoms. The van der Waals surface area contributed by atoms with Crippen LogP contribution in [-0.4, -0.2) is 28.2 Å². The van der Waals surface area contributed by atoms with Gasteiger partial charge in [0.15, 0.2) is 0 Å². The Morgan fingerprint density at radius 1 is 1.25 bits per heavy atom. The number of rotatable bonds is 4. The normalized spacial score (nSPS) is 21.3. The van der Waals surface area contributed by atoms with Gasteiger partial charge in [0, 0.05) is 18.2 Å². The number of alkyl halides is 3. The van der Waals surface area contributed by atoms with Crippen molar-refractivity contribution in [2.75, 3.05) is 5.32 Å². The molecular weight excluding hydrogens is 336 g/mol. The molecule has 0 aliphatic heterocycles. The van der Waals surface area contributed by atoms with Crippen LogP contribution >= 0.6 is 0 Å². The third kappa shape index (κ3) is 3.92. The SMILES string of the molecule is O=C(O)c1cc([N+](=O)[O-])c(NC2CCC(C(F)(F)F)CC2)cc1F. The standard InChI is InChI=1S/C14H14F4N2O4/c15-10-6-11(12(20(23)24)5-9(10)13(21)22)19-8-3-1-7(2-4-8)14(16,17)18/h5-8,19H,1-4H2,(H,21,22). The lowest BCUT2D eigenvalue weighted by Gasteiger charge is -2.30. The molecular formula is C14H14F4N2O4. The summed E-state index contributed by atoms with van der Waals surface area (Å²) in [7, 11) is 0. The highest BCUT2D eigenvalue weighted by atomic mass is 19.4. The van der Waals surface area contributed by atoms with Crippen molar-refractivity contribution in [1.29, 1.82) is 0 Å². The molecule has 0 spiro atoms. The van der Waals surface area contributed by atoms with Gasteiger partial charge in [0.05, 0.1) is 10.8 Å². The van der Waals surface area contributed by atoms with Crippen LogP contribution in [0.3, 0.4) is 0 Å².